The van der Waals surface area contributed by atoms with Crippen molar-refractivity contribution in [2.75, 3.05) is 31.6 Å². The molecule has 2 amide bonds. The molecular weight excluding hydrogens is 616 g/mol. The van der Waals surface area contributed by atoms with Gasteiger partial charge in [0.15, 0.2) is 0 Å². The van der Waals surface area contributed by atoms with Crippen LogP contribution in [-0.2, 0) is 14.9 Å². The highest BCUT2D eigenvalue weighted by Gasteiger charge is 2.51. The number of fused-ring (bicyclic) bond motifs is 3. The van der Waals surface area contributed by atoms with E-state index in [-0.39, 0.29) is 40.9 Å². The summed E-state index contributed by atoms with van der Waals surface area (Å²) in [5.74, 6) is 2.11. The molecule has 3 aromatic heterocycles. The smallest absolute Gasteiger partial charge is 0.410 e. The van der Waals surface area contributed by atoms with Gasteiger partial charge in [-0.3, -0.25) is 19.4 Å². The van der Waals surface area contributed by atoms with Gasteiger partial charge in [0.1, 0.15) is 17.7 Å². The Morgan fingerprint density at radius 2 is 1.71 bits per heavy atom. The number of amides is 2. The van der Waals surface area contributed by atoms with Crippen LogP contribution in [0.1, 0.15) is 102 Å². The maximum Gasteiger partial charge on any atom is 0.410 e. The van der Waals surface area contributed by atoms with Crippen molar-refractivity contribution in [3.8, 4) is 16.9 Å². The van der Waals surface area contributed by atoms with Gasteiger partial charge in [0.05, 0.1) is 19.0 Å². The third kappa shape index (κ3) is 6.67. The number of hydrogen-bond acceptors (Lipinski definition) is 7. The molecule has 262 valence electrons. The van der Waals surface area contributed by atoms with E-state index in [0.29, 0.717) is 44.0 Å². The molecule has 0 radical (unpaired) electrons. The Hall–Kier alpha value is -3.95. The van der Waals surface area contributed by atoms with Crippen molar-refractivity contribution in [3.63, 3.8) is 0 Å². The first-order chi connectivity index (χ1) is 23.6. The van der Waals surface area contributed by atoms with Crippen molar-refractivity contribution in [1.29, 1.82) is 0 Å². The topological polar surface area (TPSA) is 103 Å². The van der Waals surface area contributed by atoms with Gasteiger partial charge in [-0.25, -0.2) is 9.78 Å². The molecule has 3 aromatic rings. The Labute approximate surface area is 290 Å². The van der Waals surface area contributed by atoms with E-state index in [9.17, 15) is 9.59 Å². The van der Waals surface area contributed by atoms with Crippen LogP contribution in [0.3, 0.4) is 0 Å². The highest BCUT2D eigenvalue weighted by atomic mass is 16.6. The van der Waals surface area contributed by atoms with E-state index in [1.165, 1.54) is 5.69 Å². The molecule has 2 bridgehead atoms. The lowest BCUT2D eigenvalue weighted by Gasteiger charge is -2.54. The highest BCUT2D eigenvalue weighted by Crippen LogP contribution is 2.58. The second-order valence-electron chi connectivity index (χ2n) is 15.8. The molecule has 10 nitrogen and oxygen atoms in total. The van der Waals surface area contributed by atoms with E-state index in [4.69, 9.17) is 19.4 Å². The quantitative estimate of drug-likeness (QED) is 0.233. The molecular formula is C39H52N6O4. The van der Waals surface area contributed by atoms with E-state index in [1.807, 2.05) is 35.0 Å². The van der Waals surface area contributed by atoms with Crippen LogP contribution in [-0.4, -0.2) is 69.5 Å². The molecule has 4 heterocycles. The zero-order valence-electron chi connectivity index (χ0n) is 29.9. The predicted octanol–water partition coefficient (Wildman–Crippen LogP) is 7.51. The van der Waals surface area contributed by atoms with E-state index in [0.717, 1.165) is 74.2 Å². The Balaban J connectivity index is 1.10. The van der Waals surface area contributed by atoms with Gasteiger partial charge in [0, 0.05) is 60.7 Å². The van der Waals surface area contributed by atoms with Crippen molar-refractivity contribution in [2.45, 2.75) is 109 Å². The summed E-state index contributed by atoms with van der Waals surface area (Å²) in [6.07, 6.45) is 14.7. The number of pyridine rings is 2. The van der Waals surface area contributed by atoms with Gasteiger partial charge in [-0.1, -0.05) is 6.92 Å². The fourth-order valence-electron chi connectivity index (χ4n) is 8.78. The largest absolute Gasteiger partial charge is 0.495 e. The second-order valence-corrected chi connectivity index (χ2v) is 15.8. The number of likely N-dealkylation sites (tertiary alicyclic amines) is 1. The summed E-state index contributed by atoms with van der Waals surface area (Å²) in [5, 5.41) is 4.56. The molecule has 0 unspecified atom stereocenters. The minimum absolute atomic E-state index is 0.0419. The molecule has 1 saturated heterocycles. The summed E-state index contributed by atoms with van der Waals surface area (Å²) in [7, 11) is 1.70. The van der Waals surface area contributed by atoms with Crippen molar-refractivity contribution in [3.05, 3.63) is 54.2 Å². The van der Waals surface area contributed by atoms with Crippen LogP contribution in [0.15, 0.2) is 42.9 Å². The monoisotopic (exact) mass is 668 g/mol. The number of rotatable bonds is 9. The minimum atomic E-state index is -0.207. The van der Waals surface area contributed by atoms with Gasteiger partial charge in [-0.05, 0) is 126 Å². The number of methoxy groups -OCH3 is 1. The average molecular weight is 669 g/mol. The molecule has 49 heavy (non-hydrogen) atoms. The molecule has 8 rings (SSSR count). The third-order valence-corrected chi connectivity index (χ3v) is 12.1. The van der Waals surface area contributed by atoms with E-state index >= 15 is 0 Å². The number of hydrogen-bond donors (Lipinski definition) is 0. The minimum Gasteiger partial charge on any atom is -0.495 e. The number of ether oxygens (including phenoxy) is 2. The second kappa shape index (κ2) is 13.4. The molecule has 4 aliphatic carbocycles. The van der Waals surface area contributed by atoms with Gasteiger partial charge in [0.25, 0.3) is 0 Å². The maximum atomic E-state index is 14.6. The van der Waals surface area contributed by atoms with Gasteiger partial charge < -0.3 is 14.4 Å². The zero-order chi connectivity index (χ0) is 34.3. The summed E-state index contributed by atoms with van der Waals surface area (Å²) in [4.78, 5) is 40.9. The Bertz CT molecular complexity index is 1650. The van der Waals surface area contributed by atoms with Crippen molar-refractivity contribution < 1.29 is 19.1 Å². The van der Waals surface area contributed by atoms with Crippen molar-refractivity contribution in [1.82, 2.24) is 24.6 Å². The standard InChI is InChI=1S/C39H52N6O4/c1-26(2)45-24-31(21-41-45)30-12-19-40-35(20-30)44(36(46)29-6-8-32(9-7-29)49-37(47)43-22-27(3)23-43)25-38-13-16-39(17-14-38,18-15-38)34-11-10-33(48-5)28(4)42-34/h10-12,19-21,24,26-27,29,32H,6-9,13-18,22-23,25H2,1-5H3. The zero-order valence-corrected chi connectivity index (χ0v) is 29.9. The van der Waals surface area contributed by atoms with Gasteiger partial charge in [-0.2, -0.15) is 5.10 Å². The van der Waals surface area contributed by atoms with E-state index in [1.54, 1.807) is 12.0 Å². The number of carbonyl (C=O) groups excluding carboxylic acids is 2. The van der Waals surface area contributed by atoms with E-state index < -0.39 is 0 Å². The first-order valence-corrected chi connectivity index (χ1v) is 18.4. The summed E-state index contributed by atoms with van der Waals surface area (Å²) < 4.78 is 13.3. The molecule has 0 spiro atoms. The average Bonchev–Trinajstić information content (AvgIpc) is 3.61. The fourth-order valence-corrected chi connectivity index (χ4v) is 8.78. The first-order valence-electron chi connectivity index (χ1n) is 18.4. The Kier molecular flexibility index (Phi) is 9.17. The van der Waals surface area contributed by atoms with Crippen LogP contribution in [0, 0.1) is 24.2 Å². The number of nitrogens with zero attached hydrogens (tertiary/aromatic N) is 6. The number of carbonyl (C=O) groups is 2. The Morgan fingerprint density at radius 3 is 2.33 bits per heavy atom. The summed E-state index contributed by atoms with van der Waals surface area (Å²) in [5.41, 5.74) is 4.29. The summed E-state index contributed by atoms with van der Waals surface area (Å²) in [6, 6.07) is 8.56. The van der Waals surface area contributed by atoms with Crippen LogP contribution in [0.2, 0.25) is 0 Å². The normalized spacial score (nSPS) is 26.8. The lowest BCUT2D eigenvalue weighted by atomic mass is 9.52. The number of aryl methyl sites for hydroxylation is 1. The molecule has 1 aliphatic heterocycles. The third-order valence-electron chi connectivity index (χ3n) is 12.1. The molecule has 0 atom stereocenters. The first kappa shape index (κ1) is 33.5. The molecule has 5 fully saturated rings. The SMILES string of the molecule is COc1ccc(C23CCC(CN(C(=O)C4CCC(OC(=O)N5CC(C)C5)CC4)c4cc(-c5cnn(C(C)C)c5)ccn4)(CC2)CC3)nc1C. The van der Waals surface area contributed by atoms with Gasteiger partial charge >= 0.3 is 6.09 Å². The summed E-state index contributed by atoms with van der Waals surface area (Å²) >= 11 is 0. The lowest BCUT2D eigenvalue weighted by Crippen LogP contribution is -2.52. The van der Waals surface area contributed by atoms with Crippen molar-refractivity contribution >= 4 is 17.8 Å². The summed E-state index contributed by atoms with van der Waals surface area (Å²) in [6.45, 7) is 10.6. The molecule has 4 saturated carbocycles. The molecule has 0 N–H and O–H groups in total. The van der Waals surface area contributed by atoms with Crippen LogP contribution in [0.4, 0.5) is 10.6 Å². The Morgan fingerprint density at radius 1 is 1.00 bits per heavy atom. The number of anilines is 1. The van der Waals surface area contributed by atoms with Crippen LogP contribution >= 0.6 is 0 Å². The molecule has 5 aliphatic rings. The molecule has 10 heteroatoms. The predicted molar refractivity (Wildman–Crippen MR) is 188 cm³/mol. The van der Waals surface area contributed by atoms with Crippen LogP contribution < -0.4 is 9.64 Å². The van der Waals surface area contributed by atoms with Crippen molar-refractivity contribution in [2.24, 2.45) is 17.3 Å². The van der Waals surface area contributed by atoms with E-state index in [2.05, 4.69) is 50.3 Å². The molecule has 0 aromatic carbocycles. The lowest BCUT2D eigenvalue weighted by molar-refractivity contribution is -0.124. The number of aromatic nitrogens is 4. The van der Waals surface area contributed by atoms with Gasteiger partial charge in [0.2, 0.25) is 5.91 Å². The van der Waals surface area contributed by atoms with Crippen LogP contribution in [0.25, 0.3) is 11.1 Å². The highest BCUT2D eigenvalue weighted by molar-refractivity contribution is 5.95. The fraction of sp³-hybridized carbons (Fsp3) is 0.615. The van der Waals surface area contributed by atoms with Crippen LogP contribution in [0.5, 0.6) is 5.75 Å². The maximum absolute atomic E-state index is 14.6. The van der Waals surface area contributed by atoms with Gasteiger partial charge in [-0.15, -0.1) is 0 Å².